The number of hydrogen-bond donors (Lipinski definition) is 2. The Kier molecular flexibility index (Phi) is 4.55. The summed E-state index contributed by atoms with van der Waals surface area (Å²) in [5.74, 6) is 0. The molecule has 0 amide bonds. The summed E-state index contributed by atoms with van der Waals surface area (Å²) in [5.41, 5.74) is 6.65. The Balaban J connectivity index is 2.23. The zero-order valence-corrected chi connectivity index (χ0v) is 13.1. The van der Waals surface area contributed by atoms with Crippen LogP contribution in [0.1, 0.15) is 5.56 Å². The van der Waals surface area contributed by atoms with Crippen LogP contribution in [0.3, 0.4) is 0 Å². The lowest BCUT2D eigenvalue weighted by atomic mass is 10.2. The number of piperazine rings is 1. The number of hydrogen-bond acceptors (Lipinski definition) is 5. The number of likely N-dealkylation sites (N-methyl/N-ethyl adjacent to an activating group) is 1. The van der Waals surface area contributed by atoms with E-state index in [-0.39, 0.29) is 4.90 Å². The van der Waals surface area contributed by atoms with Gasteiger partial charge in [0.15, 0.2) is 0 Å². The summed E-state index contributed by atoms with van der Waals surface area (Å²) >= 11 is 5.90. The second kappa shape index (κ2) is 5.87. The van der Waals surface area contributed by atoms with Gasteiger partial charge in [-0.05, 0) is 31.7 Å². The molecule has 20 heavy (non-hydrogen) atoms. The SMILES string of the molecule is Cc1c(N)cc(Cl)cc1S(=O)(=O)NN1CCN(C)CC1. The van der Waals surface area contributed by atoms with Gasteiger partial charge in [-0.1, -0.05) is 11.6 Å². The monoisotopic (exact) mass is 318 g/mol. The molecule has 0 aliphatic carbocycles. The number of nitrogen functional groups attached to an aromatic ring is 1. The van der Waals surface area contributed by atoms with Crippen LogP contribution in [0, 0.1) is 6.92 Å². The van der Waals surface area contributed by atoms with E-state index in [9.17, 15) is 8.42 Å². The number of benzene rings is 1. The van der Waals surface area contributed by atoms with Gasteiger partial charge >= 0.3 is 0 Å². The van der Waals surface area contributed by atoms with Gasteiger partial charge in [0.05, 0.1) is 4.90 Å². The van der Waals surface area contributed by atoms with E-state index in [1.54, 1.807) is 18.0 Å². The largest absolute Gasteiger partial charge is 0.398 e. The molecule has 0 saturated carbocycles. The second-order valence-corrected chi connectivity index (χ2v) is 7.07. The van der Waals surface area contributed by atoms with Gasteiger partial charge in [-0.15, -0.1) is 4.83 Å². The van der Waals surface area contributed by atoms with Gasteiger partial charge in [0.2, 0.25) is 0 Å². The van der Waals surface area contributed by atoms with Crippen LogP contribution < -0.4 is 10.6 Å². The molecule has 1 aliphatic rings. The summed E-state index contributed by atoms with van der Waals surface area (Å²) in [6.07, 6.45) is 0. The van der Waals surface area contributed by atoms with Crippen LogP contribution in [-0.2, 0) is 10.0 Å². The molecule has 0 aromatic heterocycles. The van der Waals surface area contributed by atoms with Gasteiger partial charge in [-0.25, -0.2) is 13.4 Å². The number of sulfonamides is 1. The van der Waals surface area contributed by atoms with Crippen molar-refractivity contribution in [1.82, 2.24) is 14.7 Å². The number of nitrogens with zero attached hydrogens (tertiary/aromatic N) is 2. The molecule has 1 saturated heterocycles. The molecule has 0 radical (unpaired) electrons. The highest BCUT2D eigenvalue weighted by Crippen LogP contribution is 2.26. The van der Waals surface area contributed by atoms with Crippen LogP contribution in [0.5, 0.6) is 0 Å². The molecule has 1 heterocycles. The van der Waals surface area contributed by atoms with Crippen molar-refractivity contribution in [2.75, 3.05) is 39.0 Å². The van der Waals surface area contributed by atoms with Crippen LogP contribution in [-0.4, -0.2) is 51.6 Å². The van der Waals surface area contributed by atoms with Crippen molar-refractivity contribution in [2.45, 2.75) is 11.8 Å². The van der Waals surface area contributed by atoms with Gasteiger partial charge in [-0.3, -0.25) is 0 Å². The minimum atomic E-state index is -3.66. The Labute approximate surface area is 124 Å². The summed E-state index contributed by atoms with van der Waals surface area (Å²) in [6.45, 7) is 4.60. The fraction of sp³-hybridized carbons (Fsp3) is 0.500. The first-order valence-electron chi connectivity index (χ1n) is 6.31. The molecule has 0 bridgehead atoms. The zero-order chi connectivity index (χ0) is 14.9. The lowest BCUT2D eigenvalue weighted by molar-refractivity contribution is 0.135. The highest BCUT2D eigenvalue weighted by Gasteiger charge is 2.24. The summed E-state index contributed by atoms with van der Waals surface area (Å²) in [7, 11) is -1.65. The highest BCUT2D eigenvalue weighted by molar-refractivity contribution is 7.89. The average molecular weight is 319 g/mol. The van der Waals surface area contributed by atoms with Gasteiger partial charge in [0, 0.05) is 36.9 Å². The molecular formula is C12H19ClN4O2S. The molecule has 2 rings (SSSR count). The summed E-state index contributed by atoms with van der Waals surface area (Å²) in [6, 6.07) is 2.97. The number of nitrogens with two attached hydrogens (primary N) is 1. The highest BCUT2D eigenvalue weighted by atomic mass is 35.5. The fourth-order valence-electron chi connectivity index (χ4n) is 2.07. The van der Waals surface area contributed by atoms with E-state index in [1.807, 2.05) is 7.05 Å². The number of hydrazine groups is 1. The van der Waals surface area contributed by atoms with Gasteiger partial charge < -0.3 is 10.6 Å². The van der Waals surface area contributed by atoms with Crippen LogP contribution in [0.2, 0.25) is 5.02 Å². The molecule has 0 atom stereocenters. The Hall–Kier alpha value is -0.860. The topological polar surface area (TPSA) is 78.7 Å². The molecule has 112 valence electrons. The van der Waals surface area contributed by atoms with E-state index in [2.05, 4.69) is 9.73 Å². The quantitative estimate of drug-likeness (QED) is 0.801. The molecule has 0 unspecified atom stereocenters. The Morgan fingerprint density at radius 3 is 2.45 bits per heavy atom. The van der Waals surface area contributed by atoms with Crippen LogP contribution in [0.25, 0.3) is 0 Å². The van der Waals surface area contributed by atoms with Crippen LogP contribution in [0.4, 0.5) is 5.69 Å². The summed E-state index contributed by atoms with van der Waals surface area (Å²) in [5, 5.41) is 2.01. The lowest BCUT2D eigenvalue weighted by Crippen LogP contribution is -2.52. The number of rotatable bonds is 3. The van der Waals surface area contributed by atoms with E-state index in [1.165, 1.54) is 6.07 Å². The minimum Gasteiger partial charge on any atom is -0.398 e. The predicted molar refractivity (Wildman–Crippen MR) is 80.0 cm³/mol. The summed E-state index contributed by atoms with van der Waals surface area (Å²) < 4.78 is 24.9. The van der Waals surface area contributed by atoms with E-state index in [0.29, 0.717) is 29.4 Å². The van der Waals surface area contributed by atoms with Crippen molar-refractivity contribution >= 4 is 27.3 Å². The second-order valence-electron chi connectivity index (χ2n) is 5.00. The number of anilines is 1. The molecule has 3 N–H and O–H groups in total. The molecule has 8 heteroatoms. The third-order valence-electron chi connectivity index (χ3n) is 3.41. The zero-order valence-electron chi connectivity index (χ0n) is 11.6. The predicted octanol–water partition coefficient (Wildman–Crippen LogP) is 0.671. The van der Waals surface area contributed by atoms with Crippen LogP contribution >= 0.6 is 11.6 Å². The van der Waals surface area contributed by atoms with Crippen molar-refractivity contribution in [2.24, 2.45) is 0 Å². The van der Waals surface area contributed by atoms with Crippen molar-refractivity contribution in [1.29, 1.82) is 0 Å². The normalized spacial score (nSPS) is 18.4. The molecular weight excluding hydrogens is 300 g/mol. The Morgan fingerprint density at radius 2 is 1.85 bits per heavy atom. The van der Waals surface area contributed by atoms with Crippen molar-refractivity contribution in [3.05, 3.63) is 22.7 Å². The van der Waals surface area contributed by atoms with Gasteiger partial charge in [-0.2, -0.15) is 0 Å². The Morgan fingerprint density at radius 1 is 1.25 bits per heavy atom. The Bertz CT molecular complexity index is 598. The fourth-order valence-corrected chi connectivity index (χ4v) is 3.79. The number of nitrogens with one attached hydrogen (secondary N) is 1. The first-order chi connectivity index (χ1) is 9.29. The third-order valence-corrected chi connectivity index (χ3v) is 5.13. The first-order valence-corrected chi connectivity index (χ1v) is 8.17. The van der Waals surface area contributed by atoms with Crippen molar-refractivity contribution in [3.63, 3.8) is 0 Å². The smallest absolute Gasteiger partial charge is 0.253 e. The van der Waals surface area contributed by atoms with Crippen molar-refractivity contribution < 1.29 is 8.42 Å². The van der Waals surface area contributed by atoms with E-state index < -0.39 is 10.0 Å². The standard InChI is InChI=1S/C12H19ClN4O2S/c1-9-11(14)7-10(13)8-12(9)20(18,19)15-17-5-3-16(2)4-6-17/h7-8,15H,3-6,14H2,1-2H3. The van der Waals surface area contributed by atoms with Crippen LogP contribution in [0.15, 0.2) is 17.0 Å². The third kappa shape index (κ3) is 3.42. The van der Waals surface area contributed by atoms with E-state index in [0.717, 1.165) is 13.1 Å². The minimum absolute atomic E-state index is 0.126. The average Bonchev–Trinajstić information content (AvgIpc) is 2.36. The number of halogens is 1. The van der Waals surface area contributed by atoms with Gasteiger partial charge in [0.25, 0.3) is 10.0 Å². The van der Waals surface area contributed by atoms with Gasteiger partial charge in [0.1, 0.15) is 0 Å². The molecule has 6 nitrogen and oxygen atoms in total. The van der Waals surface area contributed by atoms with E-state index >= 15 is 0 Å². The molecule has 1 fully saturated rings. The molecule has 0 spiro atoms. The first kappa shape index (κ1) is 15.5. The molecule has 1 aromatic rings. The maximum absolute atomic E-state index is 12.4. The molecule has 1 aliphatic heterocycles. The van der Waals surface area contributed by atoms with E-state index in [4.69, 9.17) is 17.3 Å². The lowest BCUT2D eigenvalue weighted by Gasteiger charge is -2.32. The maximum Gasteiger partial charge on any atom is 0.253 e. The maximum atomic E-state index is 12.4. The summed E-state index contributed by atoms with van der Waals surface area (Å²) in [4.78, 5) is 4.86. The van der Waals surface area contributed by atoms with Crippen molar-refractivity contribution in [3.8, 4) is 0 Å². The molecule has 1 aromatic carbocycles.